The molecule has 0 spiro atoms. The fraction of sp³-hybridized carbons (Fsp3) is 0.333. The lowest BCUT2D eigenvalue weighted by Crippen LogP contribution is -2.01. The van der Waals surface area contributed by atoms with Crippen LogP contribution in [-0.4, -0.2) is 6.61 Å². The van der Waals surface area contributed by atoms with Gasteiger partial charge in [0.05, 0.1) is 6.61 Å². The van der Waals surface area contributed by atoms with Crippen molar-refractivity contribution in [2.45, 2.75) is 12.8 Å². The molecule has 3 heteroatoms. The third-order valence-corrected chi connectivity index (χ3v) is 1.62. The molecule has 1 aromatic rings. The number of hydrogen-bond donors (Lipinski definition) is 1. The third-order valence-electron chi connectivity index (χ3n) is 1.62. The van der Waals surface area contributed by atoms with E-state index in [4.69, 9.17) is 5.90 Å². The second-order valence-electron chi connectivity index (χ2n) is 2.60. The summed E-state index contributed by atoms with van der Waals surface area (Å²) in [5, 5.41) is 0. The summed E-state index contributed by atoms with van der Waals surface area (Å²) < 4.78 is 12.6. The van der Waals surface area contributed by atoms with Gasteiger partial charge in [0.15, 0.2) is 0 Å². The zero-order chi connectivity index (χ0) is 8.81. The highest BCUT2D eigenvalue weighted by Gasteiger charge is 1.94. The van der Waals surface area contributed by atoms with Crippen LogP contribution in [0.2, 0.25) is 0 Å². The van der Waals surface area contributed by atoms with Crippen molar-refractivity contribution in [3.63, 3.8) is 0 Å². The molecular weight excluding hydrogens is 157 g/mol. The van der Waals surface area contributed by atoms with Crippen molar-refractivity contribution < 1.29 is 9.23 Å². The molecule has 0 amide bonds. The van der Waals surface area contributed by atoms with Crippen molar-refractivity contribution >= 4 is 0 Å². The van der Waals surface area contributed by atoms with E-state index in [2.05, 4.69) is 4.84 Å². The summed E-state index contributed by atoms with van der Waals surface area (Å²) in [6.07, 6.45) is 1.62. The molecule has 0 bridgehead atoms. The van der Waals surface area contributed by atoms with Gasteiger partial charge in [-0.15, -0.1) is 0 Å². The van der Waals surface area contributed by atoms with Crippen molar-refractivity contribution in [3.8, 4) is 0 Å². The highest BCUT2D eigenvalue weighted by Crippen LogP contribution is 2.05. The van der Waals surface area contributed by atoms with Gasteiger partial charge in [-0.3, -0.25) is 0 Å². The maximum Gasteiger partial charge on any atom is 0.123 e. The first-order chi connectivity index (χ1) is 5.83. The summed E-state index contributed by atoms with van der Waals surface area (Å²) in [5.74, 6) is 4.66. The average Bonchev–Trinajstić information content (AvgIpc) is 2.05. The minimum absolute atomic E-state index is 0.193. The molecule has 0 unspecified atom stereocenters. The van der Waals surface area contributed by atoms with Crippen LogP contribution in [0.5, 0.6) is 0 Å². The zero-order valence-corrected chi connectivity index (χ0v) is 6.79. The number of hydrogen-bond acceptors (Lipinski definition) is 2. The summed E-state index contributed by atoms with van der Waals surface area (Å²) in [7, 11) is 0. The van der Waals surface area contributed by atoms with Gasteiger partial charge in [0.1, 0.15) is 5.82 Å². The molecule has 0 radical (unpaired) electrons. The van der Waals surface area contributed by atoms with Gasteiger partial charge in [-0.05, 0) is 30.5 Å². The molecule has 1 rings (SSSR count). The third kappa shape index (κ3) is 2.98. The highest BCUT2D eigenvalue weighted by molar-refractivity contribution is 5.16. The van der Waals surface area contributed by atoms with Gasteiger partial charge in [-0.1, -0.05) is 12.1 Å². The topological polar surface area (TPSA) is 35.2 Å². The first kappa shape index (κ1) is 9.16. The Hall–Kier alpha value is -0.930. The van der Waals surface area contributed by atoms with E-state index in [0.717, 1.165) is 18.4 Å². The monoisotopic (exact) mass is 169 g/mol. The Balaban J connectivity index is 2.41. The van der Waals surface area contributed by atoms with Crippen LogP contribution in [0.15, 0.2) is 24.3 Å². The first-order valence-corrected chi connectivity index (χ1v) is 3.89. The summed E-state index contributed by atoms with van der Waals surface area (Å²) in [6, 6.07) is 6.55. The maximum absolute atomic E-state index is 12.6. The van der Waals surface area contributed by atoms with Crippen molar-refractivity contribution in [2.24, 2.45) is 5.90 Å². The molecule has 2 N–H and O–H groups in total. The normalized spacial score (nSPS) is 10.2. The lowest BCUT2D eigenvalue weighted by atomic mass is 10.1. The van der Waals surface area contributed by atoms with Crippen LogP contribution in [0.4, 0.5) is 4.39 Å². The molecule has 1 aromatic carbocycles. The second kappa shape index (κ2) is 4.85. The molecule has 0 aliphatic carbocycles. The number of nitrogens with two attached hydrogens (primary N) is 1. The summed E-state index contributed by atoms with van der Waals surface area (Å²) >= 11 is 0. The van der Waals surface area contributed by atoms with Crippen LogP contribution in [0.1, 0.15) is 12.0 Å². The van der Waals surface area contributed by atoms with Gasteiger partial charge in [-0.2, -0.15) is 0 Å². The second-order valence-corrected chi connectivity index (χ2v) is 2.60. The Morgan fingerprint density at radius 2 is 2.25 bits per heavy atom. The van der Waals surface area contributed by atoms with Crippen LogP contribution >= 0.6 is 0 Å². The molecule has 2 nitrogen and oxygen atoms in total. The minimum Gasteiger partial charge on any atom is -0.305 e. The summed E-state index contributed by atoms with van der Waals surface area (Å²) in [5.41, 5.74) is 0.979. The molecule has 0 saturated carbocycles. The van der Waals surface area contributed by atoms with Gasteiger partial charge in [0.25, 0.3) is 0 Å². The number of benzene rings is 1. The van der Waals surface area contributed by atoms with Crippen molar-refractivity contribution in [1.82, 2.24) is 0 Å². The molecule has 66 valence electrons. The number of aryl methyl sites for hydroxylation is 1. The Morgan fingerprint density at radius 1 is 1.42 bits per heavy atom. The smallest absolute Gasteiger partial charge is 0.123 e. The Labute approximate surface area is 71.1 Å². The van der Waals surface area contributed by atoms with Crippen molar-refractivity contribution in [1.29, 1.82) is 0 Å². The summed E-state index contributed by atoms with van der Waals surface area (Å²) in [4.78, 5) is 4.40. The van der Waals surface area contributed by atoms with E-state index in [1.807, 2.05) is 6.07 Å². The van der Waals surface area contributed by atoms with E-state index < -0.39 is 0 Å². The van der Waals surface area contributed by atoms with Gasteiger partial charge in [0.2, 0.25) is 0 Å². The van der Waals surface area contributed by atoms with Crippen LogP contribution < -0.4 is 5.90 Å². The molecule has 12 heavy (non-hydrogen) atoms. The Morgan fingerprint density at radius 3 is 2.92 bits per heavy atom. The molecular formula is C9H12FNO. The standard InChI is InChI=1S/C9H12FNO/c10-9-5-1-3-8(7-9)4-2-6-12-11/h1,3,5,7H,2,4,6,11H2. The average molecular weight is 169 g/mol. The van der Waals surface area contributed by atoms with E-state index in [9.17, 15) is 4.39 Å². The predicted octanol–water partition coefficient (Wildman–Crippen LogP) is 1.65. The van der Waals surface area contributed by atoms with Gasteiger partial charge >= 0.3 is 0 Å². The molecule has 0 fully saturated rings. The molecule has 0 aromatic heterocycles. The van der Waals surface area contributed by atoms with E-state index >= 15 is 0 Å². The van der Waals surface area contributed by atoms with Crippen molar-refractivity contribution in [2.75, 3.05) is 6.61 Å². The molecule has 0 aliphatic rings. The van der Waals surface area contributed by atoms with E-state index in [1.54, 1.807) is 6.07 Å². The lowest BCUT2D eigenvalue weighted by Gasteiger charge is -1.99. The molecule has 0 heterocycles. The number of halogens is 1. The van der Waals surface area contributed by atoms with Crippen LogP contribution in [0.3, 0.4) is 0 Å². The minimum atomic E-state index is -0.193. The fourth-order valence-corrected chi connectivity index (χ4v) is 1.05. The maximum atomic E-state index is 12.6. The quantitative estimate of drug-likeness (QED) is 0.549. The predicted molar refractivity (Wildman–Crippen MR) is 44.9 cm³/mol. The van der Waals surface area contributed by atoms with Crippen LogP contribution in [0, 0.1) is 5.82 Å². The van der Waals surface area contributed by atoms with Gasteiger partial charge < -0.3 is 4.84 Å². The largest absolute Gasteiger partial charge is 0.305 e. The van der Waals surface area contributed by atoms with E-state index in [1.165, 1.54) is 12.1 Å². The highest BCUT2D eigenvalue weighted by atomic mass is 19.1. The molecule has 0 atom stereocenters. The van der Waals surface area contributed by atoms with Crippen LogP contribution in [0.25, 0.3) is 0 Å². The zero-order valence-electron chi connectivity index (χ0n) is 6.79. The summed E-state index contributed by atoms with van der Waals surface area (Å²) in [6.45, 7) is 0.510. The molecule has 0 aliphatic heterocycles. The van der Waals surface area contributed by atoms with E-state index in [-0.39, 0.29) is 5.82 Å². The van der Waals surface area contributed by atoms with E-state index in [0.29, 0.717) is 6.61 Å². The molecule has 0 saturated heterocycles. The van der Waals surface area contributed by atoms with Gasteiger partial charge in [-0.25, -0.2) is 10.3 Å². The fourth-order valence-electron chi connectivity index (χ4n) is 1.05. The lowest BCUT2D eigenvalue weighted by molar-refractivity contribution is 0.135. The SMILES string of the molecule is NOCCCc1cccc(F)c1. The number of rotatable bonds is 4. The first-order valence-electron chi connectivity index (χ1n) is 3.89. The Kier molecular flexibility index (Phi) is 3.70. The van der Waals surface area contributed by atoms with Crippen LogP contribution in [-0.2, 0) is 11.3 Å². The van der Waals surface area contributed by atoms with Crippen molar-refractivity contribution in [3.05, 3.63) is 35.6 Å². The van der Waals surface area contributed by atoms with Gasteiger partial charge in [0, 0.05) is 0 Å². The Bertz CT molecular complexity index is 240.